The molecule has 0 saturated carbocycles. The van der Waals surface area contributed by atoms with E-state index in [2.05, 4.69) is 4.98 Å². The van der Waals surface area contributed by atoms with E-state index in [-0.39, 0.29) is 0 Å². The second-order valence-electron chi connectivity index (χ2n) is 4.55. The van der Waals surface area contributed by atoms with Gasteiger partial charge in [-0.2, -0.15) is 0 Å². The van der Waals surface area contributed by atoms with Gasteiger partial charge in [-0.1, -0.05) is 30.3 Å². The molecule has 3 aromatic rings. The summed E-state index contributed by atoms with van der Waals surface area (Å²) in [4.78, 5) is 15.3. The van der Waals surface area contributed by atoms with Gasteiger partial charge in [0.2, 0.25) is 0 Å². The summed E-state index contributed by atoms with van der Waals surface area (Å²) in [5, 5.41) is 1.02. The lowest BCUT2D eigenvalue weighted by molar-refractivity contribution is 0.112. The summed E-state index contributed by atoms with van der Waals surface area (Å²) in [5.74, 6) is 1.33. The predicted octanol–water partition coefficient (Wildman–Crippen LogP) is 4.15. The number of rotatable bonds is 3. The number of benzene rings is 2. The van der Waals surface area contributed by atoms with Gasteiger partial charge in [0.1, 0.15) is 17.8 Å². The van der Waals surface area contributed by atoms with Crippen LogP contribution in [-0.4, -0.2) is 11.3 Å². The van der Waals surface area contributed by atoms with Gasteiger partial charge in [-0.05, 0) is 25.1 Å². The van der Waals surface area contributed by atoms with E-state index < -0.39 is 0 Å². The SMILES string of the molecule is Cc1c(C=O)cccc1Oc1cnc2ccccc2c1. The average molecular weight is 263 g/mol. The van der Waals surface area contributed by atoms with Crippen molar-refractivity contribution in [3.05, 3.63) is 65.9 Å². The Balaban J connectivity index is 1.99. The molecule has 0 radical (unpaired) electrons. The van der Waals surface area contributed by atoms with Crippen molar-refractivity contribution in [1.29, 1.82) is 0 Å². The van der Waals surface area contributed by atoms with Gasteiger partial charge in [-0.25, -0.2) is 0 Å². The number of aldehydes is 1. The molecule has 0 spiro atoms. The maximum absolute atomic E-state index is 10.9. The van der Waals surface area contributed by atoms with Crippen molar-refractivity contribution in [1.82, 2.24) is 4.98 Å². The van der Waals surface area contributed by atoms with Crippen molar-refractivity contribution in [3.63, 3.8) is 0 Å². The highest BCUT2D eigenvalue weighted by Gasteiger charge is 2.06. The number of ether oxygens (including phenoxy) is 1. The number of carbonyl (C=O) groups excluding carboxylic acids is 1. The van der Waals surface area contributed by atoms with Gasteiger partial charge in [0.15, 0.2) is 0 Å². The molecule has 0 aliphatic rings. The average Bonchev–Trinajstić information content (AvgIpc) is 2.49. The standard InChI is InChI=1S/C17H13NO2/c1-12-14(11-19)6-4-8-17(12)20-15-9-13-5-2-3-7-16(13)18-10-15/h2-11H,1H3. The van der Waals surface area contributed by atoms with Gasteiger partial charge in [-0.15, -0.1) is 0 Å². The predicted molar refractivity (Wildman–Crippen MR) is 78.4 cm³/mol. The Bertz CT molecular complexity index is 781. The summed E-state index contributed by atoms with van der Waals surface area (Å²) < 4.78 is 5.84. The normalized spacial score (nSPS) is 10.4. The van der Waals surface area contributed by atoms with E-state index in [1.807, 2.05) is 43.3 Å². The summed E-state index contributed by atoms with van der Waals surface area (Å²) in [6.45, 7) is 1.87. The van der Waals surface area contributed by atoms with Crippen LogP contribution in [0.2, 0.25) is 0 Å². The molecule has 0 unspecified atom stereocenters. The van der Waals surface area contributed by atoms with Crippen LogP contribution in [0.25, 0.3) is 10.9 Å². The van der Waals surface area contributed by atoms with Gasteiger partial charge in [0.25, 0.3) is 0 Å². The van der Waals surface area contributed by atoms with E-state index in [9.17, 15) is 4.79 Å². The number of hydrogen-bond donors (Lipinski definition) is 0. The Hall–Kier alpha value is -2.68. The second kappa shape index (κ2) is 5.13. The first-order valence-corrected chi connectivity index (χ1v) is 6.35. The third-order valence-electron chi connectivity index (χ3n) is 3.25. The molecule has 0 aliphatic carbocycles. The molecule has 0 atom stereocenters. The Morgan fingerprint density at radius 3 is 2.80 bits per heavy atom. The molecule has 3 nitrogen and oxygen atoms in total. The van der Waals surface area contributed by atoms with Crippen LogP contribution in [0.1, 0.15) is 15.9 Å². The lowest BCUT2D eigenvalue weighted by Crippen LogP contribution is -1.92. The third-order valence-corrected chi connectivity index (χ3v) is 3.25. The van der Waals surface area contributed by atoms with E-state index in [1.54, 1.807) is 18.3 Å². The first kappa shape index (κ1) is 12.4. The minimum Gasteiger partial charge on any atom is -0.455 e. The molecule has 3 rings (SSSR count). The zero-order valence-corrected chi connectivity index (χ0v) is 11.0. The molecule has 0 N–H and O–H groups in total. The van der Waals surface area contributed by atoms with Crippen molar-refractivity contribution in [2.75, 3.05) is 0 Å². The highest BCUT2D eigenvalue weighted by molar-refractivity contribution is 5.80. The third kappa shape index (κ3) is 2.26. The maximum Gasteiger partial charge on any atom is 0.150 e. The Morgan fingerprint density at radius 2 is 1.95 bits per heavy atom. The Kier molecular flexibility index (Phi) is 3.17. The molecule has 98 valence electrons. The van der Waals surface area contributed by atoms with Crippen LogP contribution >= 0.6 is 0 Å². The van der Waals surface area contributed by atoms with Crippen LogP contribution in [0.5, 0.6) is 11.5 Å². The smallest absolute Gasteiger partial charge is 0.150 e. The molecule has 3 heteroatoms. The van der Waals surface area contributed by atoms with E-state index in [4.69, 9.17) is 4.74 Å². The summed E-state index contributed by atoms with van der Waals surface area (Å²) in [7, 11) is 0. The summed E-state index contributed by atoms with van der Waals surface area (Å²) in [5.41, 5.74) is 2.39. The topological polar surface area (TPSA) is 39.2 Å². The van der Waals surface area contributed by atoms with Crippen molar-refractivity contribution in [2.45, 2.75) is 6.92 Å². The molecule has 20 heavy (non-hydrogen) atoms. The fourth-order valence-corrected chi connectivity index (χ4v) is 2.10. The van der Waals surface area contributed by atoms with Gasteiger partial charge in [0.05, 0.1) is 11.7 Å². The first-order valence-electron chi connectivity index (χ1n) is 6.35. The Morgan fingerprint density at radius 1 is 1.10 bits per heavy atom. The number of nitrogens with zero attached hydrogens (tertiary/aromatic N) is 1. The number of carbonyl (C=O) groups is 1. The monoisotopic (exact) mass is 263 g/mol. The Labute approximate surface area is 116 Å². The molecule has 2 aromatic carbocycles. The fraction of sp³-hybridized carbons (Fsp3) is 0.0588. The molecular formula is C17H13NO2. The quantitative estimate of drug-likeness (QED) is 0.666. The molecule has 0 bridgehead atoms. The van der Waals surface area contributed by atoms with Crippen molar-refractivity contribution in [2.24, 2.45) is 0 Å². The van der Waals surface area contributed by atoms with E-state index in [0.29, 0.717) is 17.1 Å². The summed E-state index contributed by atoms with van der Waals surface area (Å²) in [6, 6.07) is 15.2. The number of pyridine rings is 1. The largest absolute Gasteiger partial charge is 0.455 e. The van der Waals surface area contributed by atoms with E-state index >= 15 is 0 Å². The summed E-state index contributed by atoms with van der Waals surface area (Å²) >= 11 is 0. The van der Waals surface area contributed by atoms with E-state index in [1.165, 1.54) is 0 Å². The van der Waals surface area contributed by atoms with E-state index in [0.717, 1.165) is 22.8 Å². The molecule has 0 aliphatic heterocycles. The zero-order chi connectivity index (χ0) is 13.9. The molecule has 1 aromatic heterocycles. The highest BCUT2D eigenvalue weighted by Crippen LogP contribution is 2.27. The number of para-hydroxylation sites is 1. The minimum absolute atomic E-state index is 0.635. The number of fused-ring (bicyclic) bond motifs is 1. The van der Waals surface area contributed by atoms with Crippen LogP contribution in [-0.2, 0) is 0 Å². The number of aromatic nitrogens is 1. The van der Waals surface area contributed by atoms with Gasteiger partial charge in [0, 0.05) is 16.5 Å². The highest BCUT2D eigenvalue weighted by atomic mass is 16.5. The lowest BCUT2D eigenvalue weighted by atomic mass is 10.1. The number of hydrogen-bond acceptors (Lipinski definition) is 3. The molecule has 0 saturated heterocycles. The van der Waals surface area contributed by atoms with Crippen molar-refractivity contribution < 1.29 is 9.53 Å². The second-order valence-corrected chi connectivity index (χ2v) is 4.55. The van der Waals surface area contributed by atoms with Gasteiger partial charge >= 0.3 is 0 Å². The first-order chi connectivity index (χ1) is 9.78. The minimum atomic E-state index is 0.635. The molecular weight excluding hydrogens is 250 g/mol. The summed E-state index contributed by atoms with van der Waals surface area (Å²) in [6.07, 6.45) is 2.52. The van der Waals surface area contributed by atoms with Crippen molar-refractivity contribution in [3.8, 4) is 11.5 Å². The molecule has 0 fully saturated rings. The molecule has 0 amide bonds. The van der Waals surface area contributed by atoms with Gasteiger partial charge in [-0.3, -0.25) is 9.78 Å². The maximum atomic E-state index is 10.9. The zero-order valence-electron chi connectivity index (χ0n) is 11.0. The molecule has 1 heterocycles. The van der Waals surface area contributed by atoms with Gasteiger partial charge < -0.3 is 4.74 Å². The van der Waals surface area contributed by atoms with Crippen LogP contribution in [0.3, 0.4) is 0 Å². The van der Waals surface area contributed by atoms with Crippen LogP contribution < -0.4 is 4.74 Å². The van der Waals surface area contributed by atoms with Crippen LogP contribution in [0.4, 0.5) is 0 Å². The fourth-order valence-electron chi connectivity index (χ4n) is 2.10. The van der Waals surface area contributed by atoms with Crippen LogP contribution in [0.15, 0.2) is 54.7 Å². The lowest BCUT2D eigenvalue weighted by Gasteiger charge is -2.10. The van der Waals surface area contributed by atoms with Crippen LogP contribution in [0, 0.1) is 6.92 Å². The van der Waals surface area contributed by atoms with Crippen molar-refractivity contribution >= 4 is 17.2 Å².